The van der Waals surface area contributed by atoms with E-state index in [2.05, 4.69) is 10.6 Å². The first kappa shape index (κ1) is 22.2. The summed E-state index contributed by atoms with van der Waals surface area (Å²) >= 11 is 0. The van der Waals surface area contributed by atoms with E-state index in [-0.39, 0.29) is 32.0 Å². The Morgan fingerprint density at radius 1 is 1.08 bits per heavy atom. The molecule has 0 saturated heterocycles. The van der Waals surface area contributed by atoms with Crippen LogP contribution < -0.4 is 10.6 Å². The van der Waals surface area contributed by atoms with Crippen molar-refractivity contribution in [1.82, 2.24) is 10.6 Å². The number of carbonyl (C=O) groups excluding carboxylic acids is 2. The Kier molecular flexibility index (Phi) is 10.6. The number of nitrogens with one attached hydrogen (secondary N) is 2. The largest absolute Gasteiger partial charge is 0.445 e. The molecule has 0 aliphatic rings. The van der Waals surface area contributed by atoms with E-state index in [0.29, 0.717) is 19.4 Å². The normalized spacial score (nSPS) is 12.8. The molecule has 0 aliphatic heterocycles. The van der Waals surface area contributed by atoms with Gasteiger partial charge < -0.3 is 24.4 Å². The van der Waals surface area contributed by atoms with Crippen molar-refractivity contribution in [2.24, 2.45) is 0 Å². The molecule has 1 aromatic carbocycles. The molecular weight excluding hydrogens is 359 g/mol. The van der Waals surface area contributed by atoms with Crippen LogP contribution in [0.15, 0.2) is 30.3 Å². The fraction of sp³-hybridized carbons (Fsp3) is 0.529. The van der Waals surface area contributed by atoms with E-state index in [4.69, 9.17) is 13.8 Å². The summed E-state index contributed by atoms with van der Waals surface area (Å²) in [5.74, 6) is -0.0934. The second-order valence-electron chi connectivity index (χ2n) is 5.45. The van der Waals surface area contributed by atoms with Gasteiger partial charge in [0.1, 0.15) is 12.9 Å². The minimum Gasteiger partial charge on any atom is -0.445 e. The molecule has 26 heavy (non-hydrogen) atoms. The van der Waals surface area contributed by atoms with Crippen molar-refractivity contribution in [2.75, 3.05) is 26.0 Å². The Morgan fingerprint density at radius 3 is 2.46 bits per heavy atom. The van der Waals surface area contributed by atoms with Crippen LogP contribution in [0.25, 0.3) is 0 Å². The molecule has 0 spiro atoms. The van der Waals surface area contributed by atoms with Gasteiger partial charge in [-0.05, 0) is 25.3 Å². The average Bonchev–Trinajstić information content (AvgIpc) is 2.62. The summed E-state index contributed by atoms with van der Waals surface area (Å²) in [5.41, 5.74) is 0.853. The van der Waals surface area contributed by atoms with Crippen LogP contribution in [0.1, 0.15) is 32.3 Å². The summed E-state index contributed by atoms with van der Waals surface area (Å²) in [7, 11) is -3.44. The van der Waals surface area contributed by atoms with E-state index in [1.54, 1.807) is 6.92 Å². The quantitative estimate of drug-likeness (QED) is 0.423. The molecule has 1 aromatic rings. The highest BCUT2D eigenvalue weighted by Crippen LogP contribution is 2.46. The summed E-state index contributed by atoms with van der Waals surface area (Å²) in [6.45, 7) is 4.20. The summed E-state index contributed by atoms with van der Waals surface area (Å²) in [6.07, 6.45) is 0.344. The van der Waals surface area contributed by atoms with Gasteiger partial charge in [-0.3, -0.25) is 9.36 Å². The molecule has 0 radical (unpaired) electrons. The summed E-state index contributed by atoms with van der Waals surface area (Å²) in [5, 5.41) is 5.08. The number of hydrogen-bond donors (Lipinski definition) is 2. The summed E-state index contributed by atoms with van der Waals surface area (Å²) in [6, 6.07) is 9.24. The monoisotopic (exact) mass is 386 g/mol. The van der Waals surface area contributed by atoms with Crippen molar-refractivity contribution >= 4 is 19.6 Å². The molecule has 1 unspecified atom stereocenters. The maximum absolute atomic E-state index is 12.5. The molecule has 0 saturated carbocycles. The Hall–Kier alpha value is -1.89. The van der Waals surface area contributed by atoms with Crippen LogP contribution >= 0.6 is 7.60 Å². The molecule has 1 atom stereocenters. The topological polar surface area (TPSA) is 103 Å². The van der Waals surface area contributed by atoms with Crippen molar-refractivity contribution in [3.05, 3.63) is 35.9 Å². The first-order valence-electron chi connectivity index (χ1n) is 8.52. The molecule has 2 amide bonds. The third kappa shape index (κ3) is 10.2. The van der Waals surface area contributed by atoms with Gasteiger partial charge in [0.25, 0.3) is 0 Å². The molecule has 146 valence electrons. The minimum atomic E-state index is -3.44. The van der Waals surface area contributed by atoms with Crippen LogP contribution in [0, 0.1) is 0 Å². The zero-order valence-corrected chi connectivity index (χ0v) is 16.1. The highest BCUT2D eigenvalue weighted by atomic mass is 31.2. The maximum Gasteiger partial charge on any atom is 0.408 e. The van der Waals surface area contributed by atoms with E-state index in [1.165, 1.54) is 6.92 Å². The molecule has 1 rings (SSSR count). The number of alkyl carbamates (subject to hydrolysis) is 1. The lowest BCUT2D eigenvalue weighted by Gasteiger charge is -2.18. The van der Waals surface area contributed by atoms with Crippen molar-refractivity contribution in [2.45, 2.75) is 33.3 Å². The zero-order chi connectivity index (χ0) is 19.3. The fourth-order valence-corrected chi connectivity index (χ4v) is 3.34. The number of carbonyl (C=O) groups is 2. The van der Waals surface area contributed by atoms with Crippen molar-refractivity contribution in [3.8, 4) is 0 Å². The average molecular weight is 386 g/mol. The van der Waals surface area contributed by atoms with Gasteiger partial charge in [0.05, 0.1) is 13.2 Å². The number of ether oxygens (including phenoxy) is 1. The predicted octanol–water partition coefficient (Wildman–Crippen LogP) is 3.03. The Labute approximate surface area is 154 Å². The van der Waals surface area contributed by atoms with E-state index in [0.717, 1.165) is 5.56 Å². The van der Waals surface area contributed by atoms with Crippen LogP contribution in [0.5, 0.6) is 0 Å². The molecular formula is C17H27N2O6P. The molecule has 0 fully saturated rings. The van der Waals surface area contributed by atoms with E-state index in [9.17, 15) is 14.2 Å². The van der Waals surface area contributed by atoms with Gasteiger partial charge in [0.15, 0.2) is 0 Å². The standard InChI is InChI=1S/C17H27N2O6P/c1-3-24-26(22,25-12-8-7-11-18-15(2)20)14-19-17(21)23-13-16-9-5-4-6-10-16/h4-6,9-10H,3,7-8,11-14H2,1-2H3,(H,18,20)(H,19,21). The Balaban J connectivity index is 2.29. The van der Waals surface area contributed by atoms with Gasteiger partial charge in [0, 0.05) is 13.5 Å². The predicted molar refractivity (Wildman–Crippen MR) is 97.7 cm³/mol. The molecule has 9 heteroatoms. The molecule has 0 heterocycles. The van der Waals surface area contributed by atoms with Crippen molar-refractivity contribution in [1.29, 1.82) is 0 Å². The van der Waals surface area contributed by atoms with Crippen LogP contribution in [0.3, 0.4) is 0 Å². The van der Waals surface area contributed by atoms with Crippen LogP contribution in [0.2, 0.25) is 0 Å². The number of hydrogen-bond acceptors (Lipinski definition) is 6. The number of unbranched alkanes of at least 4 members (excludes halogenated alkanes) is 1. The van der Waals surface area contributed by atoms with Crippen LogP contribution in [0.4, 0.5) is 4.79 Å². The van der Waals surface area contributed by atoms with Gasteiger partial charge in [-0.1, -0.05) is 30.3 Å². The smallest absolute Gasteiger partial charge is 0.408 e. The SMILES string of the molecule is CCOP(=O)(CNC(=O)OCc1ccccc1)OCCCCNC(C)=O. The fourth-order valence-electron chi connectivity index (χ4n) is 1.96. The highest BCUT2D eigenvalue weighted by Gasteiger charge is 2.25. The zero-order valence-electron chi connectivity index (χ0n) is 15.2. The first-order valence-corrected chi connectivity index (χ1v) is 10.2. The van der Waals surface area contributed by atoms with Crippen LogP contribution in [-0.2, 0) is 29.8 Å². The maximum atomic E-state index is 12.5. The number of rotatable bonds is 12. The van der Waals surface area contributed by atoms with Crippen molar-refractivity contribution < 1.29 is 27.9 Å². The third-order valence-electron chi connectivity index (χ3n) is 3.19. The van der Waals surface area contributed by atoms with E-state index in [1.807, 2.05) is 30.3 Å². The lowest BCUT2D eigenvalue weighted by molar-refractivity contribution is -0.118. The van der Waals surface area contributed by atoms with Gasteiger partial charge in [0.2, 0.25) is 5.91 Å². The second kappa shape index (κ2) is 12.5. The lowest BCUT2D eigenvalue weighted by Crippen LogP contribution is -2.26. The minimum absolute atomic E-state index is 0.0934. The molecule has 0 aliphatic carbocycles. The summed E-state index contributed by atoms with van der Waals surface area (Å²) < 4.78 is 28.1. The van der Waals surface area contributed by atoms with Gasteiger partial charge in [-0.2, -0.15) is 0 Å². The van der Waals surface area contributed by atoms with Gasteiger partial charge >= 0.3 is 13.7 Å². The molecule has 8 nitrogen and oxygen atoms in total. The van der Waals surface area contributed by atoms with Crippen LogP contribution in [-0.4, -0.2) is 38.0 Å². The number of benzene rings is 1. The number of amides is 2. The third-order valence-corrected chi connectivity index (χ3v) is 4.96. The Bertz CT molecular complexity index is 596. The summed E-state index contributed by atoms with van der Waals surface area (Å²) in [4.78, 5) is 22.5. The lowest BCUT2D eigenvalue weighted by atomic mass is 10.2. The first-order chi connectivity index (χ1) is 12.4. The highest BCUT2D eigenvalue weighted by molar-refractivity contribution is 7.53. The molecule has 2 N–H and O–H groups in total. The Morgan fingerprint density at radius 2 is 1.81 bits per heavy atom. The van der Waals surface area contributed by atoms with Crippen molar-refractivity contribution in [3.63, 3.8) is 0 Å². The van der Waals surface area contributed by atoms with E-state index < -0.39 is 13.7 Å². The molecule has 0 bridgehead atoms. The second-order valence-corrected chi connectivity index (χ2v) is 7.50. The van der Waals surface area contributed by atoms with Gasteiger partial charge in [-0.25, -0.2) is 4.79 Å². The molecule has 0 aromatic heterocycles. The van der Waals surface area contributed by atoms with Gasteiger partial charge in [-0.15, -0.1) is 0 Å². The van der Waals surface area contributed by atoms with E-state index >= 15 is 0 Å².